The maximum absolute atomic E-state index is 10.4. The lowest BCUT2D eigenvalue weighted by molar-refractivity contribution is -0.233. The van der Waals surface area contributed by atoms with Crippen molar-refractivity contribution >= 4 is 18.6 Å². The molecule has 0 amide bonds. The molecule has 0 saturated carbocycles. The van der Waals surface area contributed by atoms with Gasteiger partial charge in [0.25, 0.3) is 0 Å². The monoisotopic (exact) mass is 150 g/mol. The van der Waals surface area contributed by atoms with Gasteiger partial charge in [0.2, 0.25) is 0 Å². The summed E-state index contributed by atoms with van der Waals surface area (Å²) in [6.45, 7) is 1.92. The van der Waals surface area contributed by atoms with Gasteiger partial charge < -0.3 is 0 Å². The largest absolute Gasteiger partial charge is 0.354 e. The molecule has 0 rings (SSSR count). The lowest BCUT2D eigenvalue weighted by Gasteiger charge is -2.02. The highest BCUT2D eigenvalue weighted by Gasteiger charge is 2.13. The number of thiol groups is 1. The predicted molar refractivity (Wildman–Crippen MR) is 36.4 cm³/mol. The van der Waals surface area contributed by atoms with Crippen LogP contribution in [0.3, 0.4) is 0 Å². The zero-order valence-corrected chi connectivity index (χ0v) is 6.10. The van der Waals surface area contributed by atoms with E-state index < -0.39 is 11.2 Å². The zero-order valence-electron chi connectivity index (χ0n) is 5.20. The highest BCUT2D eigenvalue weighted by molar-refractivity contribution is 7.81. The van der Waals surface area contributed by atoms with Gasteiger partial charge in [-0.2, -0.15) is 17.9 Å². The Morgan fingerprint density at radius 3 is 2.78 bits per heavy atom. The van der Waals surface area contributed by atoms with Gasteiger partial charge in [-0.1, -0.05) is 13.3 Å². The predicted octanol–water partition coefficient (Wildman–Crippen LogP) is 1.10. The molecule has 0 spiro atoms. The summed E-state index contributed by atoms with van der Waals surface area (Å²) in [4.78, 5) is 13.8. The van der Waals surface area contributed by atoms with Gasteiger partial charge in [-0.05, 0) is 6.42 Å². The molecule has 1 atom stereocenters. The molecule has 3 nitrogen and oxygen atoms in total. The van der Waals surface area contributed by atoms with Crippen molar-refractivity contribution in [3.05, 3.63) is 0 Å². The van der Waals surface area contributed by atoms with Crippen molar-refractivity contribution in [3.63, 3.8) is 0 Å². The van der Waals surface area contributed by atoms with Crippen molar-refractivity contribution in [3.8, 4) is 0 Å². The smallest absolute Gasteiger partial charge is 0.300 e. The van der Waals surface area contributed by atoms with Crippen LogP contribution in [0.2, 0.25) is 0 Å². The first-order valence-electron chi connectivity index (χ1n) is 2.75. The second-order valence-electron chi connectivity index (χ2n) is 1.71. The fourth-order valence-electron chi connectivity index (χ4n) is 0.452. The molecule has 4 heteroatoms. The zero-order chi connectivity index (χ0) is 7.28. The van der Waals surface area contributed by atoms with Crippen LogP contribution in [0.1, 0.15) is 19.8 Å². The quantitative estimate of drug-likeness (QED) is 0.360. The molecule has 54 valence electrons. The average Bonchev–Trinajstić information content (AvgIpc) is 1.87. The van der Waals surface area contributed by atoms with Crippen LogP contribution < -0.4 is 0 Å². The van der Waals surface area contributed by atoms with Gasteiger partial charge in [-0.3, -0.25) is 4.89 Å². The maximum atomic E-state index is 10.4. The van der Waals surface area contributed by atoms with Crippen molar-refractivity contribution in [2.75, 3.05) is 0 Å². The van der Waals surface area contributed by atoms with Crippen LogP contribution in [-0.2, 0) is 9.68 Å². The molecule has 0 saturated heterocycles. The van der Waals surface area contributed by atoms with Gasteiger partial charge in [0.1, 0.15) is 5.25 Å². The molecule has 0 aromatic rings. The number of hydrogen-bond acceptors (Lipinski definition) is 4. The molecule has 0 bridgehead atoms. The summed E-state index contributed by atoms with van der Waals surface area (Å²) in [6.07, 6.45) is 1.48. The molecule has 9 heavy (non-hydrogen) atoms. The number of rotatable bonds is 3. The van der Waals surface area contributed by atoms with Gasteiger partial charge in [0, 0.05) is 0 Å². The van der Waals surface area contributed by atoms with E-state index in [9.17, 15) is 4.79 Å². The molecular weight excluding hydrogens is 140 g/mol. The molecular formula is C5H10O3S. The van der Waals surface area contributed by atoms with Crippen molar-refractivity contribution < 1.29 is 14.9 Å². The highest BCUT2D eigenvalue weighted by atomic mass is 32.1. The molecule has 0 radical (unpaired) electrons. The van der Waals surface area contributed by atoms with Crippen molar-refractivity contribution in [2.45, 2.75) is 25.0 Å². The van der Waals surface area contributed by atoms with Crippen LogP contribution in [0, 0.1) is 0 Å². The molecule has 1 N–H and O–H groups in total. The summed E-state index contributed by atoms with van der Waals surface area (Å²) in [5.74, 6) is -0.680. The van der Waals surface area contributed by atoms with Crippen LogP contribution in [0.25, 0.3) is 0 Å². The Hall–Kier alpha value is -0.220. The molecule has 0 aliphatic heterocycles. The van der Waals surface area contributed by atoms with Gasteiger partial charge in [0.05, 0.1) is 0 Å². The van der Waals surface area contributed by atoms with Crippen LogP contribution in [-0.4, -0.2) is 16.5 Å². The molecule has 0 heterocycles. The van der Waals surface area contributed by atoms with Crippen LogP contribution >= 0.6 is 12.6 Å². The lowest BCUT2D eigenvalue weighted by Crippen LogP contribution is -2.15. The van der Waals surface area contributed by atoms with Crippen molar-refractivity contribution in [1.29, 1.82) is 0 Å². The summed E-state index contributed by atoms with van der Waals surface area (Å²) in [7, 11) is 0. The number of hydrogen-bond donors (Lipinski definition) is 2. The lowest BCUT2D eigenvalue weighted by atomic mass is 10.2. The van der Waals surface area contributed by atoms with E-state index in [1.54, 1.807) is 0 Å². The van der Waals surface area contributed by atoms with E-state index >= 15 is 0 Å². The molecule has 0 aliphatic rings. The first-order chi connectivity index (χ1) is 4.22. The van der Waals surface area contributed by atoms with Gasteiger partial charge >= 0.3 is 5.97 Å². The summed E-state index contributed by atoms with van der Waals surface area (Å²) < 4.78 is 0. The standard InChI is InChI=1S/C5H10O3S/c1-2-3-4(9)5(6)8-7/h4,7,9H,2-3H2,1H3. The third-order valence-corrected chi connectivity index (χ3v) is 1.39. The fourth-order valence-corrected chi connectivity index (χ4v) is 0.757. The van der Waals surface area contributed by atoms with E-state index in [1.165, 1.54) is 0 Å². The summed E-state index contributed by atoms with van der Waals surface area (Å²) in [6, 6.07) is 0. The SMILES string of the molecule is CCCC(S)C(=O)OO. The third kappa shape index (κ3) is 3.37. The van der Waals surface area contributed by atoms with Gasteiger partial charge in [-0.25, -0.2) is 4.79 Å². The van der Waals surface area contributed by atoms with E-state index in [1.807, 2.05) is 6.92 Å². The van der Waals surface area contributed by atoms with Crippen molar-refractivity contribution in [2.24, 2.45) is 0 Å². The minimum Gasteiger partial charge on any atom is -0.300 e. The summed E-state index contributed by atoms with van der Waals surface area (Å²) in [5.41, 5.74) is 0. The molecule has 0 fully saturated rings. The van der Waals surface area contributed by atoms with Crippen LogP contribution in [0.15, 0.2) is 0 Å². The van der Waals surface area contributed by atoms with Crippen molar-refractivity contribution in [1.82, 2.24) is 0 Å². The Labute approximate surface area is 59.4 Å². The van der Waals surface area contributed by atoms with Crippen LogP contribution in [0.4, 0.5) is 0 Å². The summed E-state index contributed by atoms with van der Waals surface area (Å²) >= 11 is 3.85. The third-order valence-electron chi connectivity index (χ3n) is 0.924. The molecule has 1 unspecified atom stereocenters. The Balaban J connectivity index is 3.45. The molecule has 0 aliphatic carbocycles. The minimum atomic E-state index is -0.680. The van der Waals surface area contributed by atoms with E-state index in [0.29, 0.717) is 6.42 Å². The second-order valence-corrected chi connectivity index (χ2v) is 2.34. The highest BCUT2D eigenvalue weighted by Crippen LogP contribution is 2.04. The Morgan fingerprint density at radius 1 is 1.89 bits per heavy atom. The average molecular weight is 150 g/mol. The van der Waals surface area contributed by atoms with Gasteiger partial charge in [-0.15, -0.1) is 0 Å². The Kier molecular flexibility index (Phi) is 4.53. The minimum absolute atomic E-state index is 0.486. The summed E-state index contributed by atoms with van der Waals surface area (Å²) in [5, 5.41) is 7.35. The Morgan fingerprint density at radius 2 is 2.44 bits per heavy atom. The second kappa shape index (κ2) is 4.64. The van der Waals surface area contributed by atoms with E-state index in [0.717, 1.165) is 6.42 Å². The normalized spacial score (nSPS) is 12.8. The Bertz CT molecular complexity index is 94.2. The molecule has 0 aromatic heterocycles. The maximum Gasteiger partial charge on any atom is 0.354 e. The fraction of sp³-hybridized carbons (Fsp3) is 0.800. The number of carbonyl (C=O) groups excluding carboxylic acids is 1. The van der Waals surface area contributed by atoms with E-state index in [-0.39, 0.29) is 0 Å². The first kappa shape index (κ1) is 8.78. The first-order valence-corrected chi connectivity index (χ1v) is 3.27. The number of carbonyl (C=O) groups is 1. The van der Waals surface area contributed by atoms with E-state index in [2.05, 4.69) is 17.5 Å². The van der Waals surface area contributed by atoms with Gasteiger partial charge in [0.15, 0.2) is 0 Å². The van der Waals surface area contributed by atoms with E-state index in [4.69, 9.17) is 5.26 Å². The topological polar surface area (TPSA) is 46.5 Å². The van der Waals surface area contributed by atoms with Crippen LogP contribution in [0.5, 0.6) is 0 Å². The molecule has 0 aromatic carbocycles.